The fourth-order valence-electron chi connectivity index (χ4n) is 1.01. The topological polar surface area (TPSA) is 41.8 Å². The minimum absolute atomic E-state index is 0.318. The van der Waals surface area contributed by atoms with E-state index in [1.165, 1.54) is 10.4 Å². The average molecular weight is 212 g/mol. The van der Waals surface area contributed by atoms with Crippen LogP contribution in [0.5, 0.6) is 0 Å². The first-order chi connectivity index (χ1) is 6.16. The van der Waals surface area contributed by atoms with Crippen LogP contribution in [0, 0.1) is 18.7 Å². The van der Waals surface area contributed by atoms with Gasteiger partial charge in [0.05, 0.1) is 4.88 Å². The van der Waals surface area contributed by atoms with E-state index in [0.717, 1.165) is 4.88 Å². The molecule has 0 aliphatic carbocycles. The molecule has 68 valence electrons. The Hall–Kier alpha value is -0.940. The third-order valence-corrected chi connectivity index (χ3v) is 3.13. The Morgan fingerprint density at radius 1 is 1.54 bits per heavy atom. The molecule has 5 heteroatoms. The largest absolute Gasteiger partial charge is 0.408 e. The van der Waals surface area contributed by atoms with Crippen molar-refractivity contribution >= 4 is 23.6 Å². The maximum atomic E-state index is 5.20. The van der Waals surface area contributed by atoms with Gasteiger partial charge in [0, 0.05) is 4.88 Å². The van der Waals surface area contributed by atoms with Gasteiger partial charge in [-0.3, -0.25) is 0 Å². The van der Waals surface area contributed by atoms with Crippen molar-refractivity contribution in [2.45, 2.75) is 13.8 Å². The quantitative estimate of drug-likeness (QED) is 0.739. The van der Waals surface area contributed by atoms with Crippen LogP contribution in [0.2, 0.25) is 0 Å². The van der Waals surface area contributed by atoms with Gasteiger partial charge in [-0.25, -0.2) is 5.10 Å². The molecule has 2 aromatic rings. The van der Waals surface area contributed by atoms with E-state index in [2.05, 4.69) is 30.1 Å². The Bertz CT molecular complexity index is 461. The summed E-state index contributed by atoms with van der Waals surface area (Å²) in [6.45, 7) is 4.14. The van der Waals surface area contributed by atoms with Crippen LogP contribution in [0.15, 0.2) is 10.5 Å². The SMILES string of the molecule is Cc1cc(-c2n[nH]c(=S)o2)sc1C. The summed E-state index contributed by atoms with van der Waals surface area (Å²) in [4.78, 5) is 2.61. The van der Waals surface area contributed by atoms with E-state index in [1.54, 1.807) is 11.3 Å². The fourth-order valence-corrected chi connectivity index (χ4v) is 2.10. The maximum Gasteiger partial charge on any atom is 0.284 e. The highest BCUT2D eigenvalue weighted by Gasteiger charge is 2.08. The Balaban J connectivity index is 2.52. The number of rotatable bonds is 1. The number of aromatic nitrogens is 2. The van der Waals surface area contributed by atoms with E-state index in [9.17, 15) is 0 Å². The Morgan fingerprint density at radius 2 is 2.31 bits per heavy atom. The zero-order valence-electron chi connectivity index (χ0n) is 7.25. The molecule has 0 saturated heterocycles. The highest BCUT2D eigenvalue weighted by atomic mass is 32.1. The van der Waals surface area contributed by atoms with Crippen LogP contribution < -0.4 is 0 Å². The molecule has 0 spiro atoms. The summed E-state index contributed by atoms with van der Waals surface area (Å²) in [7, 11) is 0. The van der Waals surface area contributed by atoms with Gasteiger partial charge in [0.15, 0.2) is 0 Å². The van der Waals surface area contributed by atoms with Gasteiger partial charge in [0.1, 0.15) is 0 Å². The van der Waals surface area contributed by atoms with Gasteiger partial charge in [-0.15, -0.1) is 16.4 Å². The molecule has 0 saturated carbocycles. The molecule has 13 heavy (non-hydrogen) atoms. The number of nitrogens with one attached hydrogen (secondary N) is 1. The van der Waals surface area contributed by atoms with Gasteiger partial charge in [-0.05, 0) is 37.7 Å². The van der Waals surface area contributed by atoms with Crippen LogP contribution in [0.3, 0.4) is 0 Å². The van der Waals surface area contributed by atoms with Crippen molar-refractivity contribution in [1.82, 2.24) is 10.2 Å². The Morgan fingerprint density at radius 3 is 2.77 bits per heavy atom. The van der Waals surface area contributed by atoms with Crippen LogP contribution in [-0.4, -0.2) is 10.2 Å². The number of aryl methyl sites for hydroxylation is 2. The fraction of sp³-hybridized carbons (Fsp3) is 0.250. The predicted molar refractivity (Wildman–Crippen MR) is 54.5 cm³/mol. The van der Waals surface area contributed by atoms with Crippen LogP contribution >= 0.6 is 23.6 Å². The molecule has 2 rings (SSSR count). The number of hydrogen-bond donors (Lipinski definition) is 1. The Kier molecular flexibility index (Phi) is 2.05. The van der Waals surface area contributed by atoms with Crippen LogP contribution in [-0.2, 0) is 0 Å². The Labute approximate surface area is 84.4 Å². The first-order valence-corrected chi connectivity index (χ1v) is 5.02. The van der Waals surface area contributed by atoms with Crippen molar-refractivity contribution in [1.29, 1.82) is 0 Å². The normalized spacial score (nSPS) is 10.6. The summed E-state index contributed by atoms with van der Waals surface area (Å²) in [6.07, 6.45) is 0. The smallest absolute Gasteiger partial charge is 0.284 e. The highest BCUT2D eigenvalue weighted by molar-refractivity contribution is 7.71. The minimum atomic E-state index is 0.318. The molecule has 2 heterocycles. The monoisotopic (exact) mass is 212 g/mol. The van der Waals surface area contributed by atoms with Crippen molar-refractivity contribution in [2.75, 3.05) is 0 Å². The number of aromatic amines is 1. The van der Waals surface area contributed by atoms with Crippen LogP contribution in [0.25, 0.3) is 10.8 Å². The van der Waals surface area contributed by atoms with Gasteiger partial charge in [-0.2, -0.15) is 0 Å². The number of hydrogen-bond acceptors (Lipinski definition) is 4. The molecular formula is C8H8N2OS2. The van der Waals surface area contributed by atoms with E-state index < -0.39 is 0 Å². The molecule has 3 nitrogen and oxygen atoms in total. The van der Waals surface area contributed by atoms with Gasteiger partial charge < -0.3 is 4.42 Å². The van der Waals surface area contributed by atoms with Gasteiger partial charge in [0.25, 0.3) is 10.7 Å². The second-order valence-electron chi connectivity index (χ2n) is 2.77. The summed E-state index contributed by atoms with van der Waals surface area (Å²) in [5.74, 6) is 0.575. The van der Waals surface area contributed by atoms with Crippen molar-refractivity contribution in [3.63, 3.8) is 0 Å². The first kappa shape index (κ1) is 8.65. The third-order valence-electron chi connectivity index (χ3n) is 1.81. The first-order valence-electron chi connectivity index (χ1n) is 3.80. The van der Waals surface area contributed by atoms with E-state index in [0.29, 0.717) is 10.7 Å². The van der Waals surface area contributed by atoms with Gasteiger partial charge >= 0.3 is 0 Å². The van der Waals surface area contributed by atoms with Crippen molar-refractivity contribution in [3.8, 4) is 10.8 Å². The lowest BCUT2D eigenvalue weighted by atomic mass is 10.3. The van der Waals surface area contributed by atoms with Gasteiger partial charge in [-0.1, -0.05) is 0 Å². The summed E-state index contributed by atoms with van der Waals surface area (Å²) >= 11 is 6.45. The molecule has 0 radical (unpaired) electrons. The molecular weight excluding hydrogens is 204 g/mol. The zero-order valence-corrected chi connectivity index (χ0v) is 8.88. The van der Waals surface area contributed by atoms with E-state index >= 15 is 0 Å². The number of nitrogens with zero attached hydrogens (tertiary/aromatic N) is 1. The lowest BCUT2D eigenvalue weighted by Gasteiger charge is -1.82. The molecule has 0 amide bonds. The van der Waals surface area contributed by atoms with Gasteiger partial charge in [0.2, 0.25) is 0 Å². The van der Waals surface area contributed by atoms with E-state index in [1.807, 2.05) is 0 Å². The average Bonchev–Trinajstić information content (AvgIpc) is 2.61. The van der Waals surface area contributed by atoms with Crippen LogP contribution in [0.1, 0.15) is 10.4 Å². The third kappa shape index (κ3) is 1.57. The van der Waals surface area contributed by atoms with Crippen molar-refractivity contribution < 1.29 is 4.42 Å². The molecule has 0 bridgehead atoms. The van der Waals surface area contributed by atoms with Crippen molar-refractivity contribution in [3.05, 3.63) is 21.3 Å². The van der Waals surface area contributed by atoms with Crippen LogP contribution in [0.4, 0.5) is 0 Å². The predicted octanol–water partition coefficient (Wildman–Crippen LogP) is 3.08. The molecule has 0 aliphatic heterocycles. The van der Waals surface area contributed by atoms with Crippen molar-refractivity contribution in [2.24, 2.45) is 0 Å². The minimum Gasteiger partial charge on any atom is -0.408 e. The number of thiophene rings is 1. The second kappa shape index (κ2) is 3.08. The molecule has 0 fully saturated rings. The molecule has 2 aromatic heterocycles. The summed E-state index contributed by atoms with van der Waals surface area (Å²) in [6, 6.07) is 2.05. The molecule has 0 aliphatic rings. The zero-order chi connectivity index (χ0) is 9.42. The number of H-pyrrole nitrogens is 1. The lowest BCUT2D eigenvalue weighted by Crippen LogP contribution is -1.70. The standard InChI is InChI=1S/C8H8N2OS2/c1-4-3-6(13-5(4)2)7-9-10-8(12)11-7/h3H,1-2H3,(H,10,12). The lowest BCUT2D eigenvalue weighted by molar-refractivity contribution is 0.553. The molecule has 0 aromatic carbocycles. The van der Waals surface area contributed by atoms with E-state index in [4.69, 9.17) is 16.6 Å². The van der Waals surface area contributed by atoms with E-state index in [-0.39, 0.29) is 0 Å². The maximum absolute atomic E-state index is 5.20. The summed E-state index contributed by atoms with van der Waals surface area (Å²) < 4.78 is 5.20. The summed E-state index contributed by atoms with van der Waals surface area (Å²) in [5, 5.41) is 6.56. The molecule has 1 N–H and O–H groups in total. The highest BCUT2D eigenvalue weighted by Crippen LogP contribution is 2.28. The second-order valence-corrected chi connectivity index (χ2v) is 4.40. The molecule has 0 unspecified atom stereocenters. The molecule has 0 atom stereocenters. The summed E-state index contributed by atoms with van der Waals surface area (Å²) in [5.41, 5.74) is 1.25.